The van der Waals surface area contributed by atoms with E-state index in [1.807, 2.05) is 39.4 Å². The number of aliphatic hydroxyl groups excluding tert-OH is 1. The number of aromatic nitrogens is 2. The first-order valence-corrected chi connectivity index (χ1v) is 7.09. The number of pyridine rings is 1. The van der Waals surface area contributed by atoms with Crippen molar-refractivity contribution in [3.8, 4) is 0 Å². The zero-order valence-corrected chi connectivity index (χ0v) is 12.6. The van der Waals surface area contributed by atoms with Gasteiger partial charge in [0.25, 0.3) is 0 Å². The van der Waals surface area contributed by atoms with Gasteiger partial charge in [-0.2, -0.15) is 0 Å². The predicted octanol–water partition coefficient (Wildman–Crippen LogP) is 2.59. The predicted molar refractivity (Wildman–Crippen MR) is 78.6 cm³/mol. The van der Waals surface area contributed by atoms with Crippen LogP contribution < -0.4 is 4.90 Å². The summed E-state index contributed by atoms with van der Waals surface area (Å²) in [6.07, 6.45) is 0. The smallest absolute Gasteiger partial charge is 0.134 e. The second-order valence-electron chi connectivity index (χ2n) is 4.76. The molecule has 0 aliphatic heterocycles. The Bertz CT molecular complexity index is 580. The molecule has 0 aliphatic carbocycles. The lowest BCUT2D eigenvalue weighted by atomic mass is 10.1. The van der Waals surface area contributed by atoms with Crippen molar-refractivity contribution in [2.45, 2.75) is 33.9 Å². The standard InChI is InChI=1S/C14H19N3OS/c1-9-5-10(2)16-14(12(9)7-18)17(4)6-13-11(3)15-8-19-13/h5,8,18H,6-7H2,1-4H3. The van der Waals surface area contributed by atoms with Crippen molar-refractivity contribution in [1.82, 2.24) is 9.97 Å². The first-order chi connectivity index (χ1) is 9.02. The van der Waals surface area contributed by atoms with E-state index in [0.717, 1.165) is 34.9 Å². The van der Waals surface area contributed by atoms with Crippen LogP contribution in [0.3, 0.4) is 0 Å². The molecule has 2 rings (SSSR count). The van der Waals surface area contributed by atoms with Crippen molar-refractivity contribution in [2.75, 3.05) is 11.9 Å². The van der Waals surface area contributed by atoms with Crippen LogP contribution in [0.2, 0.25) is 0 Å². The Kier molecular flexibility index (Phi) is 4.17. The van der Waals surface area contributed by atoms with Gasteiger partial charge in [-0.05, 0) is 32.4 Å². The van der Waals surface area contributed by atoms with Crippen LogP contribution in [0.5, 0.6) is 0 Å². The molecule has 2 aromatic heterocycles. The summed E-state index contributed by atoms with van der Waals surface area (Å²) in [4.78, 5) is 12.1. The van der Waals surface area contributed by atoms with Crippen molar-refractivity contribution in [1.29, 1.82) is 0 Å². The number of aryl methyl sites for hydroxylation is 3. The topological polar surface area (TPSA) is 49.2 Å². The fourth-order valence-electron chi connectivity index (χ4n) is 2.12. The molecule has 0 fully saturated rings. The van der Waals surface area contributed by atoms with E-state index in [0.29, 0.717) is 0 Å². The number of nitrogens with zero attached hydrogens (tertiary/aromatic N) is 3. The first kappa shape index (κ1) is 14.0. The molecular formula is C14H19N3OS. The van der Waals surface area contributed by atoms with E-state index in [2.05, 4.69) is 14.9 Å². The SMILES string of the molecule is Cc1cc(C)c(CO)c(N(C)Cc2scnc2C)n1. The van der Waals surface area contributed by atoms with E-state index in [-0.39, 0.29) is 6.61 Å². The number of rotatable bonds is 4. The molecule has 0 unspecified atom stereocenters. The van der Waals surface area contributed by atoms with Gasteiger partial charge in [0.15, 0.2) is 0 Å². The molecule has 2 aromatic rings. The molecule has 0 aromatic carbocycles. The fraction of sp³-hybridized carbons (Fsp3) is 0.429. The monoisotopic (exact) mass is 277 g/mol. The van der Waals surface area contributed by atoms with Crippen LogP contribution in [0.25, 0.3) is 0 Å². The van der Waals surface area contributed by atoms with Crippen molar-refractivity contribution < 1.29 is 5.11 Å². The largest absolute Gasteiger partial charge is 0.392 e. The first-order valence-electron chi connectivity index (χ1n) is 6.21. The average molecular weight is 277 g/mol. The van der Waals surface area contributed by atoms with Crippen LogP contribution in [0.15, 0.2) is 11.6 Å². The third kappa shape index (κ3) is 2.93. The van der Waals surface area contributed by atoms with Gasteiger partial charge in [0.1, 0.15) is 5.82 Å². The molecular weight excluding hydrogens is 258 g/mol. The Labute approximate surface area is 117 Å². The summed E-state index contributed by atoms with van der Waals surface area (Å²) in [6.45, 7) is 6.78. The zero-order valence-electron chi connectivity index (χ0n) is 11.8. The molecule has 0 spiro atoms. The van der Waals surface area contributed by atoms with Gasteiger partial charge in [-0.15, -0.1) is 11.3 Å². The highest BCUT2D eigenvalue weighted by atomic mass is 32.1. The summed E-state index contributed by atoms with van der Waals surface area (Å²) in [6, 6.07) is 2.00. The van der Waals surface area contributed by atoms with Gasteiger partial charge in [-0.1, -0.05) is 0 Å². The van der Waals surface area contributed by atoms with Gasteiger partial charge in [0.2, 0.25) is 0 Å². The molecule has 0 amide bonds. The summed E-state index contributed by atoms with van der Waals surface area (Å²) in [5.41, 5.74) is 5.87. The number of hydrogen-bond donors (Lipinski definition) is 1. The minimum Gasteiger partial charge on any atom is -0.392 e. The van der Waals surface area contributed by atoms with Crippen LogP contribution in [0, 0.1) is 20.8 Å². The number of anilines is 1. The number of thiazole rings is 1. The van der Waals surface area contributed by atoms with Crippen molar-refractivity contribution in [2.24, 2.45) is 0 Å². The molecule has 0 bridgehead atoms. The molecule has 19 heavy (non-hydrogen) atoms. The third-order valence-corrected chi connectivity index (χ3v) is 4.12. The lowest BCUT2D eigenvalue weighted by molar-refractivity contribution is 0.281. The summed E-state index contributed by atoms with van der Waals surface area (Å²) in [7, 11) is 2.00. The summed E-state index contributed by atoms with van der Waals surface area (Å²) >= 11 is 1.65. The van der Waals surface area contributed by atoms with Crippen LogP contribution in [0.1, 0.15) is 27.4 Å². The molecule has 0 saturated heterocycles. The van der Waals surface area contributed by atoms with E-state index in [1.165, 1.54) is 4.88 Å². The lowest BCUT2D eigenvalue weighted by Crippen LogP contribution is -2.20. The molecule has 102 valence electrons. The van der Waals surface area contributed by atoms with E-state index in [4.69, 9.17) is 0 Å². The Morgan fingerprint density at radius 2 is 2.05 bits per heavy atom. The molecule has 0 atom stereocenters. The van der Waals surface area contributed by atoms with Gasteiger partial charge in [0, 0.05) is 23.2 Å². The van der Waals surface area contributed by atoms with E-state index in [1.54, 1.807) is 11.3 Å². The summed E-state index contributed by atoms with van der Waals surface area (Å²) in [5, 5.41) is 9.54. The second kappa shape index (κ2) is 5.67. The molecule has 5 heteroatoms. The molecule has 1 N–H and O–H groups in total. The Morgan fingerprint density at radius 1 is 1.32 bits per heavy atom. The Balaban J connectivity index is 2.33. The minimum atomic E-state index is 0.0143. The number of aliphatic hydroxyl groups is 1. The number of hydrogen-bond acceptors (Lipinski definition) is 5. The van der Waals surface area contributed by atoms with Crippen molar-refractivity contribution in [3.63, 3.8) is 0 Å². The maximum atomic E-state index is 9.54. The minimum absolute atomic E-state index is 0.0143. The van der Waals surface area contributed by atoms with Crippen molar-refractivity contribution >= 4 is 17.2 Å². The molecule has 0 radical (unpaired) electrons. The Hall–Kier alpha value is -1.46. The quantitative estimate of drug-likeness (QED) is 0.933. The fourth-order valence-corrected chi connectivity index (χ4v) is 2.95. The van der Waals surface area contributed by atoms with Crippen LogP contribution in [-0.4, -0.2) is 22.1 Å². The van der Waals surface area contributed by atoms with Gasteiger partial charge in [0.05, 0.1) is 24.4 Å². The van der Waals surface area contributed by atoms with Gasteiger partial charge >= 0.3 is 0 Å². The van der Waals surface area contributed by atoms with Gasteiger partial charge in [-0.25, -0.2) is 9.97 Å². The molecule has 2 heterocycles. The normalized spacial score (nSPS) is 10.8. The van der Waals surface area contributed by atoms with Crippen molar-refractivity contribution in [3.05, 3.63) is 39.0 Å². The highest BCUT2D eigenvalue weighted by Crippen LogP contribution is 2.24. The van der Waals surface area contributed by atoms with Gasteiger partial charge < -0.3 is 10.0 Å². The maximum absolute atomic E-state index is 9.54. The van der Waals surface area contributed by atoms with E-state index < -0.39 is 0 Å². The lowest BCUT2D eigenvalue weighted by Gasteiger charge is -2.22. The van der Waals surface area contributed by atoms with Gasteiger partial charge in [-0.3, -0.25) is 0 Å². The molecule has 0 aliphatic rings. The van der Waals surface area contributed by atoms with E-state index in [9.17, 15) is 5.11 Å². The van der Waals surface area contributed by atoms with Crippen LogP contribution >= 0.6 is 11.3 Å². The highest BCUT2D eigenvalue weighted by Gasteiger charge is 2.14. The molecule has 0 saturated carbocycles. The summed E-state index contributed by atoms with van der Waals surface area (Å²) < 4.78 is 0. The van der Waals surface area contributed by atoms with Crippen LogP contribution in [0.4, 0.5) is 5.82 Å². The summed E-state index contributed by atoms with van der Waals surface area (Å²) in [5.74, 6) is 0.854. The Morgan fingerprint density at radius 3 is 2.63 bits per heavy atom. The average Bonchev–Trinajstić information content (AvgIpc) is 2.74. The zero-order chi connectivity index (χ0) is 14.0. The third-order valence-electron chi connectivity index (χ3n) is 3.20. The maximum Gasteiger partial charge on any atom is 0.134 e. The second-order valence-corrected chi connectivity index (χ2v) is 5.70. The molecule has 4 nitrogen and oxygen atoms in total. The van der Waals surface area contributed by atoms with Crippen LogP contribution in [-0.2, 0) is 13.2 Å². The van der Waals surface area contributed by atoms with E-state index >= 15 is 0 Å². The highest BCUT2D eigenvalue weighted by molar-refractivity contribution is 7.09.